The van der Waals surface area contributed by atoms with Crippen molar-refractivity contribution in [2.45, 2.75) is 20.8 Å². The Morgan fingerprint density at radius 3 is 2.42 bits per heavy atom. The van der Waals surface area contributed by atoms with Crippen LogP contribution in [0.15, 0.2) is 79.0 Å². The van der Waals surface area contributed by atoms with Gasteiger partial charge in [0.25, 0.3) is 0 Å². The molecule has 1 aliphatic rings. The number of hydrogen-bond acceptors (Lipinski definition) is 4. The highest BCUT2D eigenvalue weighted by molar-refractivity contribution is 6.58. The van der Waals surface area contributed by atoms with Crippen molar-refractivity contribution in [2.75, 3.05) is 4.90 Å². The predicted molar refractivity (Wildman–Crippen MR) is 109 cm³/mol. The van der Waals surface area contributed by atoms with Gasteiger partial charge in [-0.3, -0.25) is 0 Å². The maximum atomic E-state index is 9.50. The van der Waals surface area contributed by atoms with E-state index < -0.39 is 7.12 Å². The second-order valence-corrected chi connectivity index (χ2v) is 5.31. The van der Waals surface area contributed by atoms with Crippen molar-refractivity contribution in [1.82, 2.24) is 0 Å². The van der Waals surface area contributed by atoms with Gasteiger partial charge >= 0.3 is 7.12 Å². The minimum atomic E-state index is -1.54. The summed E-state index contributed by atoms with van der Waals surface area (Å²) in [5, 5.41) is 19.0. The lowest BCUT2D eigenvalue weighted by Crippen LogP contribution is -2.31. The van der Waals surface area contributed by atoms with Crippen LogP contribution in [0, 0.1) is 0 Å². The van der Waals surface area contributed by atoms with Crippen LogP contribution in [-0.4, -0.2) is 17.2 Å². The van der Waals surface area contributed by atoms with Crippen molar-refractivity contribution < 1.29 is 14.8 Å². The van der Waals surface area contributed by atoms with Gasteiger partial charge in [-0.15, -0.1) is 0 Å². The fourth-order valence-corrected chi connectivity index (χ4v) is 2.68. The van der Waals surface area contributed by atoms with Gasteiger partial charge < -0.3 is 19.7 Å². The Balaban J connectivity index is 0.00000117. The molecule has 1 aliphatic heterocycles. The van der Waals surface area contributed by atoms with E-state index in [-0.39, 0.29) is 0 Å². The zero-order valence-electron chi connectivity index (χ0n) is 15.4. The normalized spacial score (nSPS) is 12.5. The van der Waals surface area contributed by atoms with Crippen molar-refractivity contribution in [2.24, 2.45) is 0 Å². The van der Waals surface area contributed by atoms with E-state index in [0.717, 1.165) is 22.8 Å². The molecule has 2 aromatic rings. The first-order chi connectivity index (χ1) is 12.7. The standard InChI is InChI=1S/C19H18BNO3.C2H6/c1-3-5-8-15(4-2)21-16-9-6-7-10-18(16)24-19-12-11-14(20(22)23)13-17(19)21;1-2/h3-13,22-23H,1H2,2H3;1-2H3/b8-5-,15-4+;. The van der Waals surface area contributed by atoms with E-state index in [0.29, 0.717) is 11.2 Å². The highest BCUT2D eigenvalue weighted by atomic mass is 16.5. The van der Waals surface area contributed by atoms with Crippen LogP contribution in [0.2, 0.25) is 0 Å². The largest absolute Gasteiger partial charge is 0.488 e. The van der Waals surface area contributed by atoms with Crippen LogP contribution in [0.1, 0.15) is 20.8 Å². The summed E-state index contributed by atoms with van der Waals surface area (Å²) in [6.45, 7) is 9.66. The van der Waals surface area contributed by atoms with Crippen LogP contribution < -0.4 is 15.1 Å². The Morgan fingerprint density at radius 2 is 1.77 bits per heavy atom. The number of nitrogens with zero attached hydrogens (tertiary/aromatic N) is 1. The van der Waals surface area contributed by atoms with Gasteiger partial charge in [0, 0.05) is 5.70 Å². The fourth-order valence-electron chi connectivity index (χ4n) is 2.68. The molecule has 0 unspecified atom stereocenters. The minimum absolute atomic E-state index is 0.407. The number of para-hydroxylation sites is 2. The molecule has 0 amide bonds. The molecule has 2 aromatic carbocycles. The molecule has 2 N–H and O–H groups in total. The van der Waals surface area contributed by atoms with Gasteiger partial charge in [0.15, 0.2) is 11.5 Å². The molecule has 0 saturated heterocycles. The molecule has 3 rings (SSSR count). The molecule has 0 spiro atoms. The first kappa shape index (κ1) is 19.6. The molecule has 0 fully saturated rings. The van der Waals surface area contributed by atoms with Crippen LogP contribution in [-0.2, 0) is 0 Å². The monoisotopic (exact) mass is 349 g/mol. The van der Waals surface area contributed by atoms with E-state index >= 15 is 0 Å². The zero-order chi connectivity index (χ0) is 19.1. The SMILES string of the molecule is C=C/C=C\C(=C/C)N1c2ccccc2Oc2ccc(B(O)O)cc21.CC. The third-order valence-electron chi connectivity index (χ3n) is 3.81. The molecule has 4 nitrogen and oxygen atoms in total. The van der Waals surface area contributed by atoms with E-state index in [9.17, 15) is 10.0 Å². The van der Waals surface area contributed by atoms with Gasteiger partial charge in [-0.25, -0.2) is 0 Å². The van der Waals surface area contributed by atoms with Crippen molar-refractivity contribution in [3.8, 4) is 11.5 Å². The number of ether oxygens (including phenoxy) is 1. The first-order valence-electron chi connectivity index (χ1n) is 8.68. The summed E-state index contributed by atoms with van der Waals surface area (Å²) in [6.07, 6.45) is 7.50. The topological polar surface area (TPSA) is 52.9 Å². The van der Waals surface area contributed by atoms with Crippen LogP contribution >= 0.6 is 0 Å². The molecule has 0 saturated carbocycles. The molecular formula is C21H24BNO3. The van der Waals surface area contributed by atoms with E-state index in [1.165, 1.54) is 0 Å². The molecule has 0 bridgehead atoms. The lowest BCUT2D eigenvalue weighted by Gasteiger charge is -2.33. The Hall–Kier alpha value is -2.76. The molecule has 0 radical (unpaired) electrons. The summed E-state index contributed by atoms with van der Waals surface area (Å²) in [6, 6.07) is 12.8. The van der Waals surface area contributed by atoms with Gasteiger partial charge in [-0.1, -0.05) is 56.9 Å². The van der Waals surface area contributed by atoms with Crippen molar-refractivity contribution in [3.05, 3.63) is 79.0 Å². The van der Waals surface area contributed by atoms with Crippen molar-refractivity contribution in [3.63, 3.8) is 0 Å². The second kappa shape index (κ2) is 9.08. The highest BCUT2D eigenvalue weighted by Crippen LogP contribution is 2.48. The molecule has 1 heterocycles. The van der Waals surface area contributed by atoms with Crippen LogP contribution in [0.3, 0.4) is 0 Å². The summed E-state index contributed by atoms with van der Waals surface area (Å²) in [7, 11) is -1.54. The molecule has 0 aliphatic carbocycles. The lowest BCUT2D eigenvalue weighted by molar-refractivity contribution is 0.425. The third kappa shape index (κ3) is 3.90. The number of hydrogen-bond donors (Lipinski definition) is 2. The Bertz CT molecular complexity index is 828. The van der Waals surface area contributed by atoms with Gasteiger partial charge in [-0.2, -0.15) is 0 Å². The number of allylic oxidation sites excluding steroid dienone is 4. The number of benzene rings is 2. The molecule has 134 valence electrons. The van der Waals surface area contributed by atoms with Gasteiger partial charge in [-0.05, 0) is 42.7 Å². The molecule has 26 heavy (non-hydrogen) atoms. The van der Waals surface area contributed by atoms with Crippen LogP contribution in [0.25, 0.3) is 0 Å². The number of fused-ring (bicyclic) bond motifs is 2. The quantitative estimate of drug-likeness (QED) is 0.639. The summed E-state index contributed by atoms with van der Waals surface area (Å²) in [5.41, 5.74) is 2.97. The van der Waals surface area contributed by atoms with E-state index in [4.69, 9.17) is 4.74 Å². The molecule has 5 heteroatoms. The van der Waals surface area contributed by atoms with Crippen LogP contribution in [0.5, 0.6) is 11.5 Å². The van der Waals surface area contributed by atoms with Crippen molar-refractivity contribution >= 4 is 24.0 Å². The van der Waals surface area contributed by atoms with E-state index in [1.807, 2.05) is 68.2 Å². The minimum Gasteiger partial charge on any atom is -0.453 e. The summed E-state index contributed by atoms with van der Waals surface area (Å²) >= 11 is 0. The molecule has 0 atom stereocenters. The summed E-state index contributed by atoms with van der Waals surface area (Å²) in [5.74, 6) is 1.40. The smallest absolute Gasteiger partial charge is 0.453 e. The fraction of sp³-hybridized carbons (Fsp3) is 0.143. The van der Waals surface area contributed by atoms with Gasteiger partial charge in [0.05, 0.1) is 11.4 Å². The van der Waals surface area contributed by atoms with Gasteiger partial charge in [0.1, 0.15) is 0 Å². The van der Waals surface area contributed by atoms with Gasteiger partial charge in [0.2, 0.25) is 0 Å². The average molecular weight is 349 g/mol. The average Bonchev–Trinajstić information content (AvgIpc) is 2.68. The highest BCUT2D eigenvalue weighted by Gasteiger charge is 2.27. The molecular weight excluding hydrogens is 325 g/mol. The lowest BCUT2D eigenvalue weighted by atomic mass is 9.80. The maximum absolute atomic E-state index is 9.50. The third-order valence-corrected chi connectivity index (χ3v) is 3.81. The Kier molecular flexibility index (Phi) is 6.84. The van der Waals surface area contributed by atoms with E-state index in [1.54, 1.807) is 24.3 Å². The summed E-state index contributed by atoms with van der Waals surface area (Å²) < 4.78 is 5.97. The first-order valence-corrected chi connectivity index (χ1v) is 8.68. The Labute approximate surface area is 155 Å². The number of anilines is 2. The van der Waals surface area contributed by atoms with Crippen LogP contribution in [0.4, 0.5) is 11.4 Å². The number of rotatable bonds is 4. The van der Waals surface area contributed by atoms with Crippen molar-refractivity contribution in [1.29, 1.82) is 0 Å². The van der Waals surface area contributed by atoms with E-state index in [2.05, 4.69) is 6.58 Å². The second-order valence-electron chi connectivity index (χ2n) is 5.31. The Morgan fingerprint density at radius 1 is 1.08 bits per heavy atom. The zero-order valence-corrected chi connectivity index (χ0v) is 15.4. The predicted octanol–water partition coefficient (Wildman–Crippen LogP) is 4.28. The summed E-state index contributed by atoms with van der Waals surface area (Å²) in [4.78, 5) is 2.03. The molecule has 0 aromatic heterocycles. The maximum Gasteiger partial charge on any atom is 0.488 e.